The highest BCUT2D eigenvalue weighted by atomic mass is 35.9. The minimum atomic E-state index is -2.69. The number of halogens is 2. The first kappa shape index (κ1) is 14.7. The van der Waals surface area contributed by atoms with Gasteiger partial charge in [0, 0.05) is 6.66 Å². The summed E-state index contributed by atoms with van der Waals surface area (Å²) in [5.41, 5.74) is 0. The topological polar surface area (TPSA) is 55.8 Å². The van der Waals surface area contributed by atoms with Crippen LogP contribution in [0.5, 0.6) is 0 Å². The molecule has 1 fully saturated rings. The van der Waals surface area contributed by atoms with Crippen LogP contribution >= 0.6 is 28.3 Å². The van der Waals surface area contributed by atoms with E-state index in [0.717, 1.165) is 0 Å². The van der Waals surface area contributed by atoms with E-state index in [4.69, 9.17) is 37.1 Å². The molecule has 0 aromatic carbocycles. The van der Waals surface area contributed by atoms with Crippen molar-refractivity contribution in [1.29, 1.82) is 0 Å². The van der Waals surface area contributed by atoms with Gasteiger partial charge >= 0.3 is 0 Å². The summed E-state index contributed by atoms with van der Waals surface area (Å²) < 4.78 is 20.1. The van der Waals surface area contributed by atoms with Crippen molar-refractivity contribution in [3.8, 4) is 0 Å². The molecule has 1 aliphatic rings. The van der Waals surface area contributed by atoms with E-state index in [1.807, 2.05) is 13.8 Å². The van der Waals surface area contributed by atoms with Gasteiger partial charge in [-0.1, -0.05) is 0 Å². The summed E-state index contributed by atoms with van der Waals surface area (Å²) in [6.45, 7) is 5.49. The zero-order valence-electron chi connectivity index (χ0n) is 8.37. The van der Waals surface area contributed by atoms with Crippen molar-refractivity contribution in [1.82, 2.24) is 0 Å². The Bertz CT molecular complexity index is 207. The van der Waals surface area contributed by atoms with Crippen molar-refractivity contribution in [3.63, 3.8) is 0 Å². The van der Waals surface area contributed by atoms with Crippen molar-refractivity contribution >= 4 is 28.3 Å². The molecule has 0 aliphatic carbocycles. The van der Waals surface area contributed by atoms with E-state index in [9.17, 15) is 4.57 Å². The minimum Gasteiger partial charge on any atom is -0.394 e. The Balaban J connectivity index is 0.000000292. The zero-order valence-corrected chi connectivity index (χ0v) is 10.8. The van der Waals surface area contributed by atoms with Crippen LogP contribution in [0, 0.1) is 0 Å². The normalized spacial score (nSPS) is 25.4. The minimum absolute atomic E-state index is 0.0451. The van der Waals surface area contributed by atoms with Crippen LogP contribution in [-0.2, 0) is 14.0 Å². The van der Waals surface area contributed by atoms with Gasteiger partial charge < -0.3 is 14.6 Å². The second kappa shape index (κ2) is 5.69. The van der Waals surface area contributed by atoms with Gasteiger partial charge in [0.15, 0.2) is 5.79 Å². The molecule has 0 saturated carbocycles. The van der Waals surface area contributed by atoms with Crippen molar-refractivity contribution in [3.05, 3.63) is 0 Å². The Morgan fingerprint density at radius 1 is 1.57 bits per heavy atom. The number of aliphatic hydroxyl groups is 1. The Labute approximate surface area is 93.4 Å². The molecule has 0 amide bonds. The van der Waals surface area contributed by atoms with Gasteiger partial charge in [0.05, 0.1) is 13.2 Å². The van der Waals surface area contributed by atoms with Crippen LogP contribution in [0.1, 0.15) is 13.8 Å². The molecule has 14 heavy (non-hydrogen) atoms. The number of aliphatic hydroxyl groups excluding tert-OH is 1. The quantitative estimate of drug-likeness (QED) is 0.740. The van der Waals surface area contributed by atoms with Gasteiger partial charge in [-0.05, 0) is 36.3 Å². The first-order valence-corrected chi connectivity index (χ1v) is 8.00. The highest BCUT2D eigenvalue weighted by molar-refractivity contribution is 8.08. The molecule has 1 unspecified atom stereocenters. The number of hydrogen-bond acceptors (Lipinski definition) is 4. The third-order valence-corrected chi connectivity index (χ3v) is 1.27. The van der Waals surface area contributed by atoms with Crippen molar-refractivity contribution < 1.29 is 19.1 Å². The van der Waals surface area contributed by atoms with Crippen LogP contribution in [0.4, 0.5) is 0 Å². The van der Waals surface area contributed by atoms with Crippen molar-refractivity contribution in [2.24, 2.45) is 0 Å². The molecule has 1 N–H and O–H groups in total. The summed E-state index contributed by atoms with van der Waals surface area (Å²) in [6, 6.07) is 0. The predicted molar refractivity (Wildman–Crippen MR) is 57.2 cm³/mol. The van der Waals surface area contributed by atoms with Crippen LogP contribution in [0.15, 0.2) is 0 Å². The lowest BCUT2D eigenvalue weighted by Gasteiger charge is -2.15. The van der Waals surface area contributed by atoms with Gasteiger partial charge in [-0.3, -0.25) is 4.57 Å². The molecule has 0 aromatic heterocycles. The maximum Gasteiger partial charge on any atom is 0.250 e. The molecular formula is C7H15Cl2O4P. The molecule has 1 saturated heterocycles. The molecule has 86 valence electrons. The molecule has 7 heteroatoms. The van der Waals surface area contributed by atoms with Gasteiger partial charge in [0.1, 0.15) is 6.10 Å². The molecule has 0 aromatic rings. The van der Waals surface area contributed by atoms with Crippen LogP contribution in [0.3, 0.4) is 0 Å². The summed E-state index contributed by atoms with van der Waals surface area (Å²) in [7, 11) is 0. The third-order valence-electron chi connectivity index (χ3n) is 1.27. The lowest BCUT2D eigenvalue weighted by atomic mass is 10.4. The maximum absolute atomic E-state index is 9.75. The second-order valence-corrected chi connectivity index (χ2v) is 9.19. The van der Waals surface area contributed by atoms with Gasteiger partial charge in [-0.25, -0.2) is 0 Å². The highest BCUT2D eigenvalue weighted by Crippen LogP contribution is 2.52. The van der Waals surface area contributed by atoms with E-state index in [0.29, 0.717) is 6.61 Å². The van der Waals surface area contributed by atoms with E-state index >= 15 is 0 Å². The van der Waals surface area contributed by atoms with Crippen LogP contribution in [0.2, 0.25) is 0 Å². The average molecular weight is 265 g/mol. The molecule has 1 heterocycles. The smallest absolute Gasteiger partial charge is 0.250 e. The molecule has 1 rings (SSSR count). The Kier molecular flexibility index (Phi) is 5.97. The van der Waals surface area contributed by atoms with Crippen LogP contribution in [0.25, 0.3) is 0 Å². The largest absolute Gasteiger partial charge is 0.394 e. The predicted octanol–water partition coefficient (Wildman–Crippen LogP) is 2.42. The lowest BCUT2D eigenvalue weighted by molar-refractivity contribution is -0.142. The third kappa shape index (κ3) is 9.25. The molecule has 0 radical (unpaired) electrons. The fourth-order valence-electron chi connectivity index (χ4n) is 0.853. The number of hydrogen-bond donors (Lipinski definition) is 1. The Hall–Kier alpha value is 0.690. The molecule has 0 spiro atoms. The molecule has 4 nitrogen and oxygen atoms in total. The van der Waals surface area contributed by atoms with E-state index in [1.54, 1.807) is 0 Å². The van der Waals surface area contributed by atoms with Crippen molar-refractivity contribution in [2.45, 2.75) is 25.7 Å². The fourth-order valence-corrected chi connectivity index (χ4v) is 0.853. The van der Waals surface area contributed by atoms with E-state index in [2.05, 4.69) is 0 Å². The summed E-state index contributed by atoms with van der Waals surface area (Å²) in [4.78, 5) is 0. The van der Waals surface area contributed by atoms with E-state index in [-0.39, 0.29) is 12.7 Å². The highest BCUT2D eigenvalue weighted by Gasteiger charge is 2.31. The van der Waals surface area contributed by atoms with E-state index < -0.39 is 11.6 Å². The second-order valence-electron chi connectivity index (χ2n) is 3.36. The van der Waals surface area contributed by atoms with Crippen LogP contribution in [-0.4, -0.2) is 36.9 Å². The summed E-state index contributed by atoms with van der Waals surface area (Å²) in [5, 5.41) is 8.59. The maximum atomic E-state index is 9.75. The summed E-state index contributed by atoms with van der Waals surface area (Å²) in [5.74, 6) is -3.19. The summed E-state index contributed by atoms with van der Waals surface area (Å²) >= 11 is 9.70. The SMILES string of the molecule is CC1(C)OCC(CO)O1.CP(=O)(Cl)Cl. The zero-order chi connectivity index (χ0) is 11.4. The molecule has 1 aliphatic heterocycles. The van der Waals surface area contributed by atoms with E-state index in [1.165, 1.54) is 6.66 Å². The average Bonchev–Trinajstić information content (AvgIpc) is 2.26. The van der Waals surface area contributed by atoms with Gasteiger partial charge in [0.2, 0.25) is 5.85 Å². The summed E-state index contributed by atoms with van der Waals surface area (Å²) in [6.07, 6.45) is -0.125. The Morgan fingerprint density at radius 2 is 2.00 bits per heavy atom. The molecule has 1 atom stereocenters. The van der Waals surface area contributed by atoms with Crippen LogP contribution < -0.4 is 0 Å². The standard InChI is InChI=1S/C6H12O3.CH3Cl2OP/c1-6(2)8-4-5(3-7)9-6;1-5(2,3)4/h5,7H,3-4H2,1-2H3;1H3. The lowest BCUT2D eigenvalue weighted by Crippen LogP contribution is -2.22. The number of ether oxygens (including phenoxy) is 2. The van der Waals surface area contributed by atoms with Gasteiger partial charge in [0.25, 0.3) is 0 Å². The first-order chi connectivity index (χ1) is 6.14. The molecular weight excluding hydrogens is 250 g/mol. The van der Waals surface area contributed by atoms with Gasteiger partial charge in [-0.15, -0.1) is 0 Å². The fraction of sp³-hybridized carbons (Fsp3) is 1.00. The van der Waals surface area contributed by atoms with Gasteiger partial charge in [-0.2, -0.15) is 0 Å². The molecule has 0 bridgehead atoms. The first-order valence-electron chi connectivity index (χ1n) is 4.03. The monoisotopic (exact) mass is 264 g/mol. The number of rotatable bonds is 1. The van der Waals surface area contributed by atoms with Crippen molar-refractivity contribution in [2.75, 3.05) is 19.9 Å². The Morgan fingerprint density at radius 3 is 2.14 bits per heavy atom.